The van der Waals surface area contributed by atoms with Crippen LogP contribution in [-0.2, 0) is 0 Å². The van der Waals surface area contributed by atoms with Crippen molar-refractivity contribution in [3.63, 3.8) is 0 Å². The SMILES string of the molecule is N#Cc1ccc(-c2nc3c(N4CCCCC4)ccnc3n2-c2ccc3scnc3c2)cc1F. The number of aromatic nitrogens is 4. The van der Waals surface area contributed by atoms with Gasteiger partial charge >= 0.3 is 0 Å². The summed E-state index contributed by atoms with van der Waals surface area (Å²) in [4.78, 5) is 16.5. The maximum Gasteiger partial charge on any atom is 0.167 e. The second-order valence-corrected chi connectivity index (χ2v) is 9.02. The molecule has 1 fully saturated rings. The maximum atomic E-state index is 14.6. The summed E-state index contributed by atoms with van der Waals surface area (Å²) >= 11 is 1.59. The lowest BCUT2D eigenvalue weighted by Gasteiger charge is -2.28. The zero-order chi connectivity index (χ0) is 22.4. The van der Waals surface area contributed by atoms with Crippen LogP contribution in [0, 0.1) is 17.1 Å². The quantitative estimate of drug-likeness (QED) is 0.350. The van der Waals surface area contributed by atoms with E-state index >= 15 is 0 Å². The summed E-state index contributed by atoms with van der Waals surface area (Å²) in [6, 6.07) is 14.6. The van der Waals surface area contributed by atoms with E-state index in [1.807, 2.05) is 46.6 Å². The fourth-order valence-electron chi connectivity index (χ4n) is 4.52. The molecule has 162 valence electrons. The van der Waals surface area contributed by atoms with Crippen LogP contribution in [0.1, 0.15) is 24.8 Å². The molecular weight excluding hydrogens is 435 g/mol. The van der Waals surface area contributed by atoms with E-state index in [9.17, 15) is 4.39 Å². The van der Waals surface area contributed by atoms with Crippen molar-refractivity contribution < 1.29 is 4.39 Å². The lowest BCUT2D eigenvalue weighted by Crippen LogP contribution is -2.29. The number of piperidine rings is 1. The maximum absolute atomic E-state index is 14.6. The van der Waals surface area contributed by atoms with Gasteiger partial charge in [0.15, 0.2) is 5.65 Å². The number of benzene rings is 2. The highest BCUT2D eigenvalue weighted by molar-refractivity contribution is 7.16. The summed E-state index contributed by atoms with van der Waals surface area (Å²) < 4.78 is 17.6. The number of nitriles is 1. The predicted octanol–water partition coefficient (Wildman–Crippen LogP) is 5.70. The van der Waals surface area contributed by atoms with E-state index in [1.54, 1.807) is 17.4 Å². The monoisotopic (exact) mass is 454 g/mol. The number of fused-ring (bicyclic) bond motifs is 2. The van der Waals surface area contributed by atoms with Gasteiger partial charge in [-0.2, -0.15) is 5.26 Å². The molecule has 0 saturated carbocycles. The van der Waals surface area contributed by atoms with Crippen LogP contribution in [0.4, 0.5) is 10.1 Å². The van der Waals surface area contributed by atoms with Crippen molar-refractivity contribution in [1.82, 2.24) is 19.5 Å². The van der Waals surface area contributed by atoms with E-state index in [1.165, 1.54) is 18.6 Å². The van der Waals surface area contributed by atoms with Gasteiger partial charge in [-0.25, -0.2) is 19.3 Å². The van der Waals surface area contributed by atoms with Crippen LogP contribution in [-0.4, -0.2) is 32.6 Å². The van der Waals surface area contributed by atoms with Gasteiger partial charge in [-0.05, 0) is 61.7 Å². The van der Waals surface area contributed by atoms with Crippen LogP contribution in [0.2, 0.25) is 0 Å². The third-order valence-corrected chi connectivity index (χ3v) is 6.95. The molecular formula is C25H19FN6S. The van der Waals surface area contributed by atoms with E-state index < -0.39 is 5.82 Å². The molecule has 6 rings (SSSR count). The van der Waals surface area contributed by atoms with E-state index in [0.717, 1.165) is 53.0 Å². The summed E-state index contributed by atoms with van der Waals surface area (Å²) in [5, 5.41) is 9.16. The fourth-order valence-corrected chi connectivity index (χ4v) is 5.18. The van der Waals surface area contributed by atoms with E-state index in [-0.39, 0.29) is 5.56 Å². The molecule has 0 amide bonds. The molecule has 0 unspecified atom stereocenters. The Kier molecular flexibility index (Phi) is 4.77. The molecule has 33 heavy (non-hydrogen) atoms. The molecule has 8 heteroatoms. The Morgan fingerprint density at radius 3 is 2.70 bits per heavy atom. The Morgan fingerprint density at radius 1 is 1.00 bits per heavy atom. The number of thiazole rings is 1. The lowest BCUT2D eigenvalue weighted by atomic mass is 10.1. The van der Waals surface area contributed by atoms with Gasteiger partial charge < -0.3 is 4.90 Å². The van der Waals surface area contributed by atoms with Crippen molar-refractivity contribution in [2.75, 3.05) is 18.0 Å². The van der Waals surface area contributed by atoms with Gasteiger partial charge in [-0.15, -0.1) is 11.3 Å². The molecule has 0 radical (unpaired) electrons. The molecule has 3 aromatic heterocycles. The molecule has 0 aliphatic carbocycles. The fraction of sp³-hybridized carbons (Fsp3) is 0.200. The van der Waals surface area contributed by atoms with Crippen molar-refractivity contribution >= 4 is 38.4 Å². The first kappa shape index (κ1) is 19.8. The number of nitrogens with zero attached hydrogens (tertiary/aromatic N) is 6. The van der Waals surface area contributed by atoms with Gasteiger partial charge in [0.2, 0.25) is 0 Å². The highest BCUT2D eigenvalue weighted by Crippen LogP contribution is 2.35. The van der Waals surface area contributed by atoms with Gasteiger partial charge in [0.25, 0.3) is 0 Å². The zero-order valence-corrected chi connectivity index (χ0v) is 18.5. The van der Waals surface area contributed by atoms with E-state index in [4.69, 9.17) is 15.2 Å². The molecule has 1 saturated heterocycles. The van der Waals surface area contributed by atoms with Gasteiger partial charge in [0, 0.05) is 24.8 Å². The Balaban J connectivity index is 1.62. The molecule has 1 aliphatic rings. The van der Waals surface area contributed by atoms with Crippen molar-refractivity contribution in [1.29, 1.82) is 5.26 Å². The standard InChI is InChI=1S/C25H19FN6S/c26-19-12-16(4-5-17(19)14-27)24-30-23-21(31-10-2-1-3-11-31)8-9-28-25(23)32(24)18-6-7-22-20(13-18)29-15-33-22/h4-9,12-13,15H,1-3,10-11H2. The molecule has 6 nitrogen and oxygen atoms in total. The minimum atomic E-state index is -0.562. The summed E-state index contributed by atoms with van der Waals surface area (Å²) in [5.74, 6) is 0.0210. The van der Waals surface area contributed by atoms with E-state index in [0.29, 0.717) is 17.0 Å². The van der Waals surface area contributed by atoms with Gasteiger partial charge in [-0.1, -0.05) is 0 Å². The zero-order valence-electron chi connectivity index (χ0n) is 17.7. The molecule has 5 aromatic rings. The van der Waals surface area contributed by atoms with Crippen molar-refractivity contribution in [2.24, 2.45) is 0 Å². The van der Waals surface area contributed by atoms with Crippen LogP contribution in [0.25, 0.3) is 38.5 Å². The average Bonchev–Trinajstić information content (AvgIpc) is 3.48. The Bertz CT molecular complexity index is 1540. The molecule has 1 aliphatic heterocycles. The number of hydrogen-bond donors (Lipinski definition) is 0. The third kappa shape index (κ3) is 3.33. The van der Waals surface area contributed by atoms with Crippen LogP contribution >= 0.6 is 11.3 Å². The topological polar surface area (TPSA) is 70.6 Å². The molecule has 0 bridgehead atoms. The number of pyridine rings is 1. The van der Waals surface area contributed by atoms with Crippen LogP contribution < -0.4 is 4.90 Å². The average molecular weight is 455 g/mol. The van der Waals surface area contributed by atoms with Gasteiger partial charge in [0.1, 0.15) is 23.2 Å². The van der Waals surface area contributed by atoms with E-state index in [2.05, 4.69) is 9.88 Å². The molecule has 4 heterocycles. The van der Waals surface area contributed by atoms with Crippen LogP contribution in [0.5, 0.6) is 0 Å². The van der Waals surface area contributed by atoms with Crippen molar-refractivity contribution in [3.8, 4) is 23.1 Å². The summed E-state index contributed by atoms with van der Waals surface area (Å²) in [7, 11) is 0. The highest BCUT2D eigenvalue weighted by Gasteiger charge is 2.22. The Hall–Kier alpha value is -3.83. The number of imidazole rings is 1. The first-order valence-corrected chi connectivity index (χ1v) is 11.8. The molecule has 0 spiro atoms. The number of halogens is 1. The Labute approximate surface area is 193 Å². The van der Waals surface area contributed by atoms with Crippen molar-refractivity contribution in [2.45, 2.75) is 19.3 Å². The predicted molar refractivity (Wildman–Crippen MR) is 128 cm³/mol. The molecule has 0 N–H and O–H groups in total. The lowest BCUT2D eigenvalue weighted by molar-refractivity contribution is 0.578. The molecule has 2 aromatic carbocycles. The van der Waals surface area contributed by atoms with Crippen molar-refractivity contribution in [3.05, 3.63) is 65.6 Å². The normalized spacial score (nSPS) is 14.1. The highest BCUT2D eigenvalue weighted by atomic mass is 32.1. The largest absolute Gasteiger partial charge is 0.370 e. The van der Waals surface area contributed by atoms with Crippen LogP contribution in [0.15, 0.2) is 54.2 Å². The van der Waals surface area contributed by atoms with Gasteiger partial charge in [-0.3, -0.25) is 4.57 Å². The second-order valence-electron chi connectivity index (χ2n) is 8.13. The smallest absolute Gasteiger partial charge is 0.167 e. The second kappa shape index (κ2) is 7.94. The number of hydrogen-bond acceptors (Lipinski definition) is 6. The third-order valence-electron chi connectivity index (χ3n) is 6.14. The first-order valence-electron chi connectivity index (χ1n) is 10.9. The molecule has 0 atom stereocenters. The minimum absolute atomic E-state index is 0.0115. The first-order chi connectivity index (χ1) is 16.2. The summed E-state index contributed by atoms with van der Waals surface area (Å²) in [6.07, 6.45) is 5.36. The van der Waals surface area contributed by atoms with Gasteiger partial charge in [0.05, 0.1) is 32.7 Å². The summed E-state index contributed by atoms with van der Waals surface area (Å²) in [6.45, 7) is 1.97. The number of anilines is 1. The summed E-state index contributed by atoms with van der Waals surface area (Å²) in [5.41, 5.74) is 6.73. The van der Waals surface area contributed by atoms with Crippen LogP contribution in [0.3, 0.4) is 0 Å². The Morgan fingerprint density at radius 2 is 1.88 bits per heavy atom. The minimum Gasteiger partial charge on any atom is -0.370 e. The number of rotatable bonds is 3.